The molecule has 0 fully saturated rings. The molecule has 0 aromatic rings. The number of alkyl halides is 1. The monoisotopic (exact) mass is 280 g/mol. The normalized spacial score (nSPS) is 12.6. The van der Waals surface area contributed by atoms with E-state index in [0.29, 0.717) is 6.54 Å². The lowest BCUT2D eigenvalue weighted by Crippen LogP contribution is -2.39. The Morgan fingerprint density at radius 2 is 1.94 bits per heavy atom. The molecule has 2 amide bonds. The summed E-state index contributed by atoms with van der Waals surface area (Å²) in [6, 6.07) is 0. The first-order valence-electron chi connectivity index (χ1n) is 5.64. The first-order valence-corrected chi connectivity index (χ1v) is 6.08. The highest BCUT2D eigenvalue weighted by molar-refractivity contribution is 6.19. The number of amides is 2. The van der Waals surface area contributed by atoms with E-state index in [2.05, 4.69) is 5.32 Å². The smallest absolute Gasteiger partial charge is 0.411 e. The average molecular weight is 281 g/mol. The third kappa shape index (κ3) is 8.92. The van der Waals surface area contributed by atoms with Crippen molar-refractivity contribution in [1.29, 1.82) is 0 Å². The molecule has 6 nitrogen and oxygen atoms in total. The summed E-state index contributed by atoms with van der Waals surface area (Å²) in [5.74, 6) is 0. The summed E-state index contributed by atoms with van der Waals surface area (Å²) >= 11 is 5.51. The number of likely N-dealkylation sites (N-methyl/N-ethyl adjacent to an activating group) is 1. The highest BCUT2D eigenvalue weighted by atomic mass is 35.5. The summed E-state index contributed by atoms with van der Waals surface area (Å²) < 4.78 is 9.80. The Morgan fingerprint density at radius 1 is 1.39 bits per heavy atom. The Kier molecular flexibility index (Phi) is 6.83. The number of ether oxygens (including phenoxy) is 2. The van der Waals surface area contributed by atoms with Gasteiger partial charge in [-0.2, -0.15) is 0 Å². The third-order valence-electron chi connectivity index (χ3n) is 1.69. The van der Waals surface area contributed by atoms with Crippen LogP contribution in [0.1, 0.15) is 27.7 Å². The number of carbonyl (C=O) groups excluding carboxylic acids is 2. The minimum absolute atomic E-state index is 0.275. The molecular formula is C11H21ClN2O4. The Balaban J connectivity index is 3.84. The zero-order chi connectivity index (χ0) is 14.3. The molecule has 1 unspecified atom stereocenters. The highest BCUT2D eigenvalue weighted by Crippen LogP contribution is 2.06. The predicted molar refractivity (Wildman–Crippen MR) is 68.7 cm³/mol. The van der Waals surface area contributed by atoms with E-state index >= 15 is 0 Å². The number of halogens is 1. The summed E-state index contributed by atoms with van der Waals surface area (Å²) in [5.41, 5.74) is -1.22. The van der Waals surface area contributed by atoms with Crippen LogP contribution in [0.4, 0.5) is 9.59 Å². The summed E-state index contributed by atoms with van der Waals surface area (Å²) in [5, 5.41) is 2.53. The minimum Gasteiger partial charge on any atom is -0.444 e. The standard InChI is InChI=1S/C11H21ClN2O4/c1-8(12)17-10(16)14(5)7-6-13-9(15)18-11(2,3)4/h8H,6-7H2,1-5H3,(H,13,15). The summed E-state index contributed by atoms with van der Waals surface area (Å²) in [6.07, 6.45) is -1.06. The maximum Gasteiger partial charge on any atom is 0.411 e. The van der Waals surface area contributed by atoms with E-state index in [1.807, 2.05) is 0 Å². The lowest BCUT2D eigenvalue weighted by atomic mass is 10.2. The second kappa shape index (κ2) is 7.31. The molecule has 0 radical (unpaired) electrons. The number of nitrogens with zero attached hydrogens (tertiary/aromatic N) is 1. The van der Waals surface area contributed by atoms with Gasteiger partial charge in [-0.1, -0.05) is 11.6 Å². The van der Waals surface area contributed by atoms with Crippen LogP contribution in [0.25, 0.3) is 0 Å². The van der Waals surface area contributed by atoms with Crippen LogP contribution in [0, 0.1) is 0 Å². The Morgan fingerprint density at radius 3 is 2.39 bits per heavy atom. The van der Waals surface area contributed by atoms with Crippen molar-refractivity contribution >= 4 is 23.8 Å². The van der Waals surface area contributed by atoms with Crippen molar-refractivity contribution in [3.05, 3.63) is 0 Å². The SMILES string of the molecule is CC(Cl)OC(=O)N(C)CCNC(=O)OC(C)(C)C. The summed E-state index contributed by atoms with van der Waals surface area (Å²) in [4.78, 5) is 23.9. The molecule has 0 bridgehead atoms. The molecule has 0 aromatic heterocycles. The highest BCUT2D eigenvalue weighted by Gasteiger charge is 2.16. The van der Waals surface area contributed by atoms with E-state index in [1.165, 1.54) is 4.90 Å². The molecule has 7 heteroatoms. The largest absolute Gasteiger partial charge is 0.444 e. The van der Waals surface area contributed by atoms with Gasteiger partial charge in [-0.3, -0.25) is 0 Å². The number of nitrogens with one attached hydrogen (secondary N) is 1. The Hall–Kier alpha value is -1.17. The molecule has 1 N–H and O–H groups in total. The first-order chi connectivity index (χ1) is 8.11. The minimum atomic E-state index is -0.682. The molecule has 18 heavy (non-hydrogen) atoms. The quantitative estimate of drug-likeness (QED) is 0.802. The lowest BCUT2D eigenvalue weighted by molar-refractivity contribution is 0.0518. The molecular weight excluding hydrogens is 260 g/mol. The molecule has 1 atom stereocenters. The molecule has 0 heterocycles. The Bertz CT molecular complexity index is 289. The van der Waals surface area contributed by atoms with Gasteiger partial charge in [-0.05, 0) is 27.7 Å². The van der Waals surface area contributed by atoms with Crippen LogP contribution in [0.5, 0.6) is 0 Å². The maximum atomic E-state index is 11.3. The van der Waals surface area contributed by atoms with Crippen LogP contribution < -0.4 is 5.32 Å². The van der Waals surface area contributed by atoms with Gasteiger partial charge in [0.15, 0.2) is 5.56 Å². The van der Waals surface area contributed by atoms with Crippen molar-refractivity contribution in [2.75, 3.05) is 20.1 Å². The van der Waals surface area contributed by atoms with Crippen molar-refractivity contribution in [2.45, 2.75) is 38.9 Å². The van der Waals surface area contributed by atoms with Gasteiger partial charge >= 0.3 is 12.2 Å². The fraction of sp³-hybridized carbons (Fsp3) is 0.818. The molecule has 0 aliphatic rings. The fourth-order valence-electron chi connectivity index (χ4n) is 0.960. The van der Waals surface area contributed by atoms with Gasteiger partial charge in [0, 0.05) is 20.1 Å². The van der Waals surface area contributed by atoms with Gasteiger partial charge in [-0.15, -0.1) is 0 Å². The number of carbonyl (C=O) groups is 2. The van der Waals surface area contributed by atoms with E-state index < -0.39 is 23.4 Å². The molecule has 0 saturated heterocycles. The molecule has 0 rings (SSSR count). The molecule has 0 spiro atoms. The molecule has 0 aliphatic heterocycles. The van der Waals surface area contributed by atoms with E-state index in [-0.39, 0.29) is 6.54 Å². The van der Waals surface area contributed by atoms with E-state index in [9.17, 15) is 9.59 Å². The van der Waals surface area contributed by atoms with Gasteiger partial charge in [0.25, 0.3) is 0 Å². The van der Waals surface area contributed by atoms with E-state index in [1.54, 1.807) is 34.7 Å². The van der Waals surface area contributed by atoms with Gasteiger partial charge in [0.2, 0.25) is 0 Å². The van der Waals surface area contributed by atoms with Gasteiger partial charge in [0.1, 0.15) is 5.60 Å². The molecule has 0 aromatic carbocycles. The molecule has 106 valence electrons. The lowest BCUT2D eigenvalue weighted by Gasteiger charge is -2.21. The van der Waals surface area contributed by atoms with E-state index in [4.69, 9.17) is 21.1 Å². The zero-order valence-corrected chi connectivity index (χ0v) is 12.2. The van der Waals surface area contributed by atoms with Crippen molar-refractivity contribution in [1.82, 2.24) is 10.2 Å². The van der Waals surface area contributed by atoms with Gasteiger partial charge in [0.05, 0.1) is 0 Å². The Labute approximate surface area is 113 Å². The van der Waals surface area contributed by atoms with Crippen LogP contribution >= 0.6 is 11.6 Å². The van der Waals surface area contributed by atoms with Crippen LogP contribution in [0.2, 0.25) is 0 Å². The van der Waals surface area contributed by atoms with Crippen LogP contribution in [-0.4, -0.2) is 48.4 Å². The van der Waals surface area contributed by atoms with Crippen LogP contribution in [-0.2, 0) is 9.47 Å². The number of hydrogen-bond donors (Lipinski definition) is 1. The predicted octanol–water partition coefficient (Wildman–Crippen LogP) is 2.16. The second-order valence-corrected chi connectivity index (χ2v) is 5.39. The number of alkyl carbamates (subject to hydrolysis) is 1. The number of rotatable bonds is 4. The van der Waals surface area contributed by atoms with Gasteiger partial charge in [-0.25, -0.2) is 9.59 Å². The topological polar surface area (TPSA) is 67.9 Å². The van der Waals surface area contributed by atoms with Gasteiger partial charge < -0.3 is 19.7 Å². The van der Waals surface area contributed by atoms with Crippen molar-refractivity contribution < 1.29 is 19.1 Å². The summed E-state index contributed by atoms with van der Waals surface area (Å²) in [7, 11) is 1.55. The molecule has 0 saturated carbocycles. The zero-order valence-electron chi connectivity index (χ0n) is 11.4. The first kappa shape index (κ1) is 16.8. The average Bonchev–Trinajstić information content (AvgIpc) is 2.13. The van der Waals surface area contributed by atoms with Crippen molar-refractivity contribution in [3.8, 4) is 0 Å². The fourth-order valence-corrected chi connectivity index (χ4v) is 1.04. The van der Waals surface area contributed by atoms with Crippen molar-refractivity contribution in [3.63, 3.8) is 0 Å². The van der Waals surface area contributed by atoms with Crippen LogP contribution in [0.3, 0.4) is 0 Å². The summed E-state index contributed by atoms with van der Waals surface area (Å²) in [6.45, 7) is 7.46. The number of hydrogen-bond acceptors (Lipinski definition) is 4. The van der Waals surface area contributed by atoms with E-state index in [0.717, 1.165) is 0 Å². The van der Waals surface area contributed by atoms with Crippen LogP contribution in [0.15, 0.2) is 0 Å². The maximum absolute atomic E-state index is 11.3. The van der Waals surface area contributed by atoms with Crippen molar-refractivity contribution in [2.24, 2.45) is 0 Å². The third-order valence-corrected chi connectivity index (χ3v) is 1.78. The molecule has 0 aliphatic carbocycles. The second-order valence-electron chi connectivity index (χ2n) is 4.78.